The van der Waals surface area contributed by atoms with Crippen LogP contribution in [0.1, 0.15) is 5.56 Å². The molecule has 2 aromatic rings. The highest BCUT2D eigenvalue weighted by Crippen LogP contribution is 2.31. The number of nitrogens with zero attached hydrogens (tertiary/aromatic N) is 3. The van der Waals surface area contributed by atoms with Crippen LogP contribution in [0.3, 0.4) is 0 Å². The standard InChI is InChI=1S/C12H13Cl2N5/c1-19(7-8-2-4-16-5-3-8)12-10(14)6-9(13)11(17-12)18-15/h2-6H,7,15H2,1H3,(H,17,18). The van der Waals surface area contributed by atoms with Crippen LogP contribution in [0.25, 0.3) is 0 Å². The van der Waals surface area contributed by atoms with Gasteiger partial charge in [0.25, 0.3) is 0 Å². The molecule has 5 nitrogen and oxygen atoms in total. The summed E-state index contributed by atoms with van der Waals surface area (Å²) in [4.78, 5) is 10.2. The van der Waals surface area contributed by atoms with E-state index in [2.05, 4.69) is 15.4 Å². The minimum Gasteiger partial charge on any atom is -0.354 e. The number of pyridine rings is 2. The molecule has 0 bridgehead atoms. The van der Waals surface area contributed by atoms with E-state index in [4.69, 9.17) is 29.0 Å². The Hall–Kier alpha value is -1.56. The Morgan fingerprint density at radius 1 is 1.26 bits per heavy atom. The van der Waals surface area contributed by atoms with Gasteiger partial charge in [-0.25, -0.2) is 10.8 Å². The lowest BCUT2D eigenvalue weighted by Gasteiger charge is -2.20. The highest BCUT2D eigenvalue weighted by molar-refractivity contribution is 6.37. The normalized spacial score (nSPS) is 10.3. The maximum atomic E-state index is 6.15. The Morgan fingerprint density at radius 3 is 2.58 bits per heavy atom. The summed E-state index contributed by atoms with van der Waals surface area (Å²) >= 11 is 12.1. The third kappa shape index (κ3) is 3.26. The molecule has 0 saturated heterocycles. The number of nitrogens with one attached hydrogen (secondary N) is 1. The molecule has 2 aromatic heterocycles. The van der Waals surface area contributed by atoms with Gasteiger partial charge in [0.15, 0.2) is 5.82 Å². The van der Waals surface area contributed by atoms with Crippen molar-refractivity contribution in [3.8, 4) is 0 Å². The molecule has 3 N–H and O–H groups in total. The number of rotatable bonds is 4. The SMILES string of the molecule is CN(Cc1ccncc1)c1nc(NN)c(Cl)cc1Cl. The first kappa shape index (κ1) is 13.9. The quantitative estimate of drug-likeness (QED) is 0.671. The van der Waals surface area contributed by atoms with Crippen LogP contribution in [-0.2, 0) is 6.54 Å². The van der Waals surface area contributed by atoms with Crippen LogP contribution in [0.15, 0.2) is 30.6 Å². The minimum absolute atomic E-state index is 0.383. The van der Waals surface area contributed by atoms with Crippen molar-refractivity contribution < 1.29 is 0 Å². The summed E-state index contributed by atoms with van der Waals surface area (Å²) in [6.07, 6.45) is 3.49. The zero-order chi connectivity index (χ0) is 13.8. The van der Waals surface area contributed by atoms with E-state index in [0.29, 0.717) is 28.2 Å². The molecular weight excluding hydrogens is 285 g/mol. The lowest BCUT2D eigenvalue weighted by molar-refractivity contribution is 0.895. The van der Waals surface area contributed by atoms with Crippen LogP contribution in [0.5, 0.6) is 0 Å². The van der Waals surface area contributed by atoms with Gasteiger partial charge in [-0.2, -0.15) is 0 Å². The van der Waals surface area contributed by atoms with E-state index in [9.17, 15) is 0 Å². The summed E-state index contributed by atoms with van der Waals surface area (Å²) in [5.41, 5.74) is 3.55. The zero-order valence-corrected chi connectivity index (χ0v) is 11.8. The fourth-order valence-electron chi connectivity index (χ4n) is 1.66. The monoisotopic (exact) mass is 297 g/mol. The van der Waals surface area contributed by atoms with Crippen LogP contribution < -0.4 is 16.2 Å². The van der Waals surface area contributed by atoms with Gasteiger partial charge in [-0.3, -0.25) is 4.98 Å². The molecule has 2 rings (SSSR count). The summed E-state index contributed by atoms with van der Waals surface area (Å²) in [6.45, 7) is 0.654. The molecule has 0 spiro atoms. The molecule has 7 heteroatoms. The van der Waals surface area contributed by atoms with Gasteiger partial charge in [-0.1, -0.05) is 23.2 Å². The maximum Gasteiger partial charge on any atom is 0.161 e. The van der Waals surface area contributed by atoms with E-state index in [1.807, 2.05) is 24.1 Å². The molecule has 0 unspecified atom stereocenters. The lowest BCUT2D eigenvalue weighted by Crippen LogP contribution is -2.19. The third-order valence-electron chi connectivity index (χ3n) is 2.58. The second kappa shape index (κ2) is 6.06. The molecule has 100 valence electrons. The van der Waals surface area contributed by atoms with Crippen LogP contribution in [0, 0.1) is 0 Å². The van der Waals surface area contributed by atoms with Crippen molar-refractivity contribution >= 4 is 34.8 Å². The molecule has 0 aromatic carbocycles. The van der Waals surface area contributed by atoms with Crippen molar-refractivity contribution in [1.29, 1.82) is 0 Å². The summed E-state index contributed by atoms with van der Waals surface area (Å²) < 4.78 is 0. The van der Waals surface area contributed by atoms with Crippen molar-refractivity contribution in [2.45, 2.75) is 6.54 Å². The second-order valence-electron chi connectivity index (χ2n) is 3.98. The third-order valence-corrected chi connectivity index (χ3v) is 3.14. The molecule has 0 atom stereocenters. The van der Waals surface area contributed by atoms with Gasteiger partial charge in [-0.15, -0.1) is 0 Å². The highest BCUT2D eigenvalue weighted by Gasteiger charge is 2.12. The Labute approximate surface area is 121 Å². The van der Waals surface area contributed by atoms with Crippen LogP contribution >= 0.6 is 23.2 Å². The fraction of sp³-hybridized carbons (Fsp3) is 0.167. The Bertz CT molecular complexity index is 562. The first-order chi connectivity index (χ1) is 9.11. The zero-order valence-electron chi connectivity index (χ0n) is 10.3. The summed E-state index contributed by atoms with van der Waals surface area (Å²) in [5, 5.41) is 0.856. The largest absolute Gasteiger partial charge is 0.354 e. The van der Waals surface area contributed by atoms with E-state index >= 15 is 0 Å². The number of anilines is 2. The predicted molar refractivity (Wildman–Crippen MR) is 78.4 cm³/mol. The Morgan fingerprint density at radius 2 is 1.95 bits per heavy atom. The van der Waals surface area contributed by atoms with E-state index in [0.717, 1.165) is 5.56 Å². The van der Waals surface area contributed by atoms with Crippen molar-refractivity contribution in [1.82, 2.24) is 9.97 Å². The molecule has 0 aliphatic carbocycles. The van der Waals surface area contributed by atoms with Crippen molar-refractivity contribution in [3.63, 3.8) is 0 Å². The molecule has 0 radical (unpaired) electrons. The van der Waals surface area contributed by atoms with E-state index in [1.54, 1.807) is 18.5 Å². The van der Waals surface area contributed by atoms with E-state index in [1.165, 1.54) is 0 Å². The maximum absolute atomic E-state index is 6.15. The number of hydrogen-bond donors (Lipinski definition) is 2. The van der Waals surface area contributed by atoms with Gasteiger partial charge in [0.05, 0.1) is 10.0 Å². The first-order valence-electron chi connectivity index (χ1n) is 5.54. The average molecular weight is 298 g/mol. The predicted octanol–water partition coefficient (Wildman–Crippen LogP) is 2.71. The van der Waals surface area contributed by atoms with Crippen molar-refractivity contribution in [2.75, 3.05) is 17.4 Å². The van der Waals surface area contributed by atoms with Gasteiger partial charge in [0.1, 0.15) is 5.82 Å². The van der Waals surface area contributed by atoms with Crippen LogP contribution in [0.4, 0.5) is 11.6 Å². The molecule has 0 fully saturated rings. The topological polar surface area (TPSA) is 67.1 Å². The van der Waals surface area contributed by atoms with Gasteiger partial charge >= 0.3 is 0 Å². The van der Waals surface area contributed by atoms with Gasteiger partial charge < -0.3 is 10.3 Å². The molecule has 0 saturated carbocycles. The fourth-order valence-corrected chi connectivity index (χ4v) is 2.22. The van der Waals surface area contributed by atoms with Crippen molar-refractivity contribution in [2.24, 2.45) is 5.84 Å². The van der Waals surface area contributed by atoms with Crippen LogP contribution in [0.2, 0.25) is 10.0 Å². The molecule has 0 amide bonds. The van der Waals surface area contributed by atoms with Crippen molar-refractivity contribution in [3.05, 3.63) is 46.2 Å². The van der Waals surface area contributed by atoms with Gasteiger partial charge in [0.2, 0.25) is 0 Å². The minimum atomic E-state index is 0.383. The Kier molecular flexibility index (Phi) is 4.42. The number of nitrogens with two attached hydrogens (primary N) is 1. The van der Waals surface area contributed by atoms with E-state index in [-0.39, 0.29) is 0 Å². The summed E-state index contributed by atoms with van der Waals surface area (Å²) in [6, 6.07) is 5.48. The number of aromatic nitrogens is 2. The Balaban J connectivity index is 2.26. The first-order valence-corrected chi connectivity index (χ1v) is 6.30. The van der Waals surface area contributed by atoms with Crippen LogP contribution in [-0.4, -0.2) is 17.0 Å². The lowest BCUT2D eigenvalue weighted by atomic mass is 10.2. The highest BCUT2D eigenvalue weighted by atomic mass is 35.5. The summed E-state index contributed by atoms with van der Waals surface area (Å²) in [5.74, 6) is 6.35. The molecule has 19 heavy (non-hydrogen) atoms. The molecule has 0 aliphatic heterocycles. The smallest absolute Gasteiger partial charge is 0.161 e. The number of hydrazine groups is 1. The second-order valence-corrected chi connectivity index (χ2v) is 4.79. The molecule has 2 heterocycles. The molecular formula is C12H13Cl2N5. The molecule has 0 aliphatic rings. The number of nitrogen functional groups attached to an aromatic ring is 1. The number of halogens is 2. The summed E-state index contributed by atoms with van der Waals surface area (Å²) in [7, 11) is 1.89. The van der Waals surface area contributed by atoms with E-state index < -0.39 is 0 Å². The van der Waals surface area contributed by atoms with Gasteiger partial charge in [0, 0.05) is 26.0 Å². The van der Waals surface area contributed by atoms with Gasteiger partial charge in [-0.05, 0) is 23.8 Å². The number of hydrogen-bond acceptors (Lipinski definition) is 5. The average Bonchev–Trinajstić information content (AvgIpc) is 2.40.